The first-order chi connectivity index (χ1) is 9.61. The van der Waals surface area contributed by atoms with Crippen LogP contribution in [0, 0.1) is 0 Å². The number of nitrogens with two attached hydrogens (primary N) is 1. The summed E-state index contributed by atoms with van der Waals surface area (Å²) in [5.41, 5.74) is 6.78. The molecule has 0 aromatic heterocycles. The Labute approximate surface area is 124 Å². The van der Waals surface area contributed by atoms with Gasteiger partial charge in [-0.3, -0.25) is 4.79 Å². The molecule has 1 aromatic rings. The average Bonchev–Trinajstić information content (AvgIpc) is 3.23. The van der Waals surface area contributed by atoms with Crippen molar-refractivity contribution in [3.05, 3.63) is 28.8 Å². The van der Waals surface area contributed by atoms with Crippen LogP contribution in [0.4, 0.5) is 5.69 Å². The van der Waals surface area contributed by atoms with Gasteiger partial charge in [-0.05, 0) is 43.9 Å². The summed E-state index contributed by atoms with van der Waals surface area (Å²) in [7, 11) is 0. The first-order valence-electron chi connectivity index (χ1n) is 7.23. The number of likely N-dealkylation sites (tertiary alicyclic amines) is 1. The van der Waals surface area contributed by atoms with E-state index in [1.54, 1.807) is 18.2 Å². The van der Waals surface area contributed by atoms with Crippen molar-refractivity contribution in [3.8, 4) is 0 Å². The maximum absolute atomic E-state index is 12.2. The molecule has 4 nitrogen and oxygen atoms in total. The third kappa shape index (κ3) is 3.25. The Morgan fingerprint density at radius 3 is 2.50 bits per heavy atom. The predicted molar refractivity (Wildman–Crippen MR) is 80.9 cm³/mol. The second-order valence-corrected chi connectivity index (χ2v) is 6.22. The van der Waals surface area contributed by atoms with Crippen LogP contribution in [0.2, 0.25) is 5.02 Å². The lowest BCUT2D eigenvalue weighted by Gasteiger charge is -2.32. The molecule has 0 spiro atoms. The highest BCUT2D eigenvalue weighted by Crippen LogP contribution is 2.29. The maximum atomic E-state index is 12.2. The average molecular weight is 294 g/mol. The molecule has 1 amide bonds. The Kier molecular flexibility index (Phi) is 3.85. The fourth-order valence-corrected chi connectivity index (χ4v) is 3.10. The first kappa shape index (κ1) is 13.7. The molecular formula is C15H20ClN3O. The van der Waals surface area contributed by atoms with Gasteiger partial charge in [0.2, 0.25) is 0 Å². The Morgan fingerprint density at radius 1 is 1.20 bits per heavy atom. The van der Waals surface area contributed by atoms with Gasteiger partial charge < -0.3 is 16.0 Å². The highest BCUT2D eigenvalue weighted by atomic mass is 35.5. The van der Waals surface area contributed by atoms with Gasteiger partial charge in [0.05, 0.1) is 0 Å². The number of hydrogen-bond acceptors (Lipinski definition) is 3. The van der Waals surface area contributed by atoms with Crippen molar-refractivity contribution in [3.63, 3.8) is 0 Å². The molecule has 0 atom stereocenters. The van der Waals surface area contributed by atoms with Crippen molar-refractivity contribution in [2.75, 3.05) is 18.8 Å². The Hall–Kier alpha value is -1.26. The van der Waals surface area contributed by atoms with Crippen molar-refractivity contribution in [1.29, 1.82) is 0 Å². The number of piperidine rings is 1. The van der Waals surface area contributed by atoms with Crippen LogP contribution in [0.1, 0.15) is 36.0 Å². The van der Waals surface area contributed by atoms with Gasteiger partial charge in [-0.2, -0.15) is 0 Å². The molecule has 3 N–H and O–H groups in total. The smallest absolute Gasteiger partial charge is 0.251 e. The molecule has 1 saturated carbocycles. The summed E-state index contributed by atoms with van der Waals surface area (Å²) in [5.74, 6) is -0.0796. The van der Waals surface area contributed by atoms with Crippen LogP contribution in [0.15, 0.2) is 18.2 Å². The minimum atomic E-state index is -0.0796. The number of carbonyl (C=O) groups excluding carboxylic acids is 1. The summed E-state index contributed by atoms with van der Waals surface area (Å²) in [6.07, 6.45) is 4.74. The number of nitrogens with one attached hydrogen (secondary N) is 1. The number of halogens is 1. The number of benzene rings is 1. The molecule has 2 fully saturated rings. The number of carbonyl (C=O) groups is 1. The quantitative estimate of drug-likeness (QED) is 0.841. The standard InChI is InChI=1S/C15H20ClN3O/c16-11-7-10(8-12(17)9-11)15(20)18-13-3-5-19(6-4-13)14-1-2-14/h7-9,13-14H,1-6,17H2,(H,18,20). The molecule has 1 heterocycles. The van der Waals surface area contributed by atoms with Crippen molar-refractivity contribution in [2.24, 2.45) is 0 Å². The maximum Gasteiger partial charge on any atom is 0.251 e. The highest BCUT2D eigenvalue weighted by molar-refractivity contribution is 6.31. The zero-order chi connectivity index (χ0) is 14.1. The number of nitrogen functional groups attached to an aromatic ring is 1. The zero-order valence-electron chi connectivity index (χ0n) is 11.4. The van der Waals surface area contributed by atoms with Crippen LogP contribution in [0.3, 0.4) is 0 Å². The van der Waals surface area contributed by atoms with Crippen molar-refractivity contribution in [1.82, 2.24) is 10.2 Å². The molecule has 1 aliphatic carbocycles. The van der Waals surface area contributed by atoms with Gasteiger partial charge in [0.25, 0.3) is 5.91 Å². The molecule has 0 radical (unpaired) electrons. The summed E-state index contributed by atoms with van der Waals surface area (Å²) < 4.78 is 0. The van der Waals surface area contributed by atoms with E-state index in [1.165, 1.54) is 12.8 Å². The summed E-state index contributed by atoms with van der Waals surface area (Å²) in [6.45, 7) is 2.18. The van der Waals surface area contributed by atoms with E-state index in [4.69, 9.17) is 17.3 Å². The summed E-state index contributed by atoms with van der Waals surface area (Å²) in [6, 6.07) is 6.05. The molecule has 2 aliphatic rings. The lowest BCUT2D eigenvalue weighted by molar-refractivity contribution is 0.0909. The van der Waals surface area contributed by atoms with Crippen molar-refractivity contribution in [2.45, 2.75) is 37.8 Å². The zero-order valence-corrected chi connectivity index (χ0v) is 12.2. The molecule has 1 saturated heterocycles. The molecule has 1 aliphatic heterocycles. The Morgan fingerprint density at radius 2 is 1.90 bits per heavy atom. The molecule has 0 bridgehead atoms. The highest BCUT2D eigenvalue weighted by Gasteiger charge is 2.32. The number of rotatable bonds is 3. The molecule has 5 heteroatoms. The number of amides is 1. The lowest BCUT2D eigenvalue weighted by Crippen LogP contribution is -2.45. The van der Waals surface area contributed by atoms with Crippen LogP contribution >= 0.6 is 11.6 Å². The van der Waals surface area contributed by atoms with E-state index in [1.807, 2.05) is 0 Å². The van der Waals surface area contributed by atoms with E-state index in [2.05, 4.69) is 10.2 Å². The van der Waals surface area contributed by atoms with Gasteiger partial charge in [0, 0.05) is 41.4 Å². The molecule has 108 valence electrons. The van der Waals surface area contributed by atoms with Crippen LogP contribution < -0.4 is 11.1 Å². The van der Waals surface area contributed by atoms with Gasteiger partial charge in [0.15, 0.2) is 0 Å². The first-order valence-corrected chi connectivity index (χ1v) is 7.60. The largest absolute Gasteiger partial charge is 0.399 e. The van der Waals surface area contributed by atoms with E-state index in [0.29, 0.717) is 16.3 Å². The van der Waals surface area contributed by atoms with Gasteiger partial charge >= 0.3 is 0 Å². The Balaban J connectivity index is 1.56. The van der Waals surface area contributed by atoms with E-state index < -0.39 is 0 Å². The predicted octanol–water partition coefficient (Wildman–Crippen LogP) is 2.28. The second kappa shape index (κ2) is 5.62. The molecular weight excluding hydrogens is 274 g/mol. The SMILES string of the molecule is Nc1cc(Cl)cc(C(=O)NC2CCN(C3CC3)CC2)c1. The lowest BCUT2D eigenvalue weighted by atomic mass is 10.0. The van der Waals surface area contributed by atoms with Gasteiger partial charge in [-0.25, -0.2) is 0 Å². The molecule has 1 aromatic carbocycles. The summed E-state index contributed by atoms with van der Waals surface area (Å²) >= 11 is 5.93. The third-order valence-electron chi connectivity index (χ3n) is 4.11. The summed E-state index contributed by atoms with van der Waals surface area (Å²) in [5, 5.41) is 3.59. The molecule has 3 rings (SSSR count). The topological polar surface area (TPSA) is 58.4 Å². The third-order valence-corrected chi connectivity index (χ3v) is 4.33. The number of hydrogen-bond donors (Lipinski definition) is 2. The van der Waals surface area contributed by atoms with Gasteiger partial charge in [-0.1, -0.05) is 11.6 Å². The van der Waals surface area contributed by atoms with Crippen molar-refractivity contribution < 1.29 is 4.79 Å². The van der Waals surface area contributed by atoms with E-state index in [-0.39, 0.29) is 11.9 Å². The number of anilines is 1. The normalized spacial score (nSPS) is 20.9. The van der Waals surface area contributed by atoms with Crippen LogP contribution in [0.25, 0.3) is 0 Å². The Bertz CT molecular complexity index is 488. The summed E-state index contributed by atoms with van der Waals surface area (Å²) in [4.78, 5) is 14.7. The van der Waals surface area contributed by atoms with Crippen molar-refractivity contribution >= 4 is 23.2 Å². The fourth-order valence-electron chi connectivity index (χ4n) is 2.86. The van der Waals surface area contributed by atoms with E-state index >= 15 is 0 Å². The van der Waals surface area contributed by atoms with Gasteiger partial charge in [-0.15, -0.1) is 0 Å². The molecule has 20 heavy (non-hydrogen) atoms. The van der Waals surface area contributed by atoms with Crippen LogP contribution in [0.5, 0.6) is 0 Å². The monoisotopic (exact) mass is 293 g/mol. The number of nitrogens with zero attached hydrogens (tertiary/aromatic N) is 1. The minimum absolute atomic E-state index is 0.0796. The van der Waals surface area contributed by atoms with Crippen LogP contribution in [-0.2, 0) is 0 Å². The fraction of sp³-hybridized carbons (Fsp3) is 0.533. The van der Waals surface area contributed by atoms with Gasteiger partial charge in [0.1, 0.15) is 0 Å². The minimum Gasteiger partial charge on any atom is -0.399 e. The van der Waals surface area contributed by atoms with E-state index in [0.717, 1.165) is 32.0 Å². The van der Waals surface area contributed by atoms with E-state index in [9.17, 15) is 4.79 Å². The molecule has 0 unspecified atom stereocenters. The second-order valence-electron chi connectivity index (χ2n) is 5.79. The van der Waals surface area contributed by atoms with Crippen LogP contribution in [-0.4, -0.2) is 36.0 Å².